The number of aldehydes is 1. The van der Waals surface area contributed by atoms with E-state index in [1.807, 2.05) is 0 Å². The summed E-state index contributed by atoms with van der Waals surface area (Å²) < 4.78 is 56.9. The molecule has 0 saturated carbocycles. The fourth-order valence-corrected chi connectivity index (χ4v) is 2.40. The summed E-state index contributed by atoms with van der Waals surface area (Å²) in [6, 6.07) is 4.55. The number of carbonyl (C=O) groups is 2. The van der Waals surface area contributed by atoms with Crippen LogP contribution in [0.1, 0.15) is 26.3 Å². The third-order valence-electron chi connectivity index (χ3n) is 3.25. The van der Waals surface area contributed by atoms with Gasteiger partial charge in [0.2, 0.25) is 0 Å². The van der Waals surface area contributed by atoms with Crippen LogP contribution >= 0.6 is 11.6 Å². The summed E-state index contributed by atoms with van der Waals surface area (Å²) in [6.45, 7) is 0. The number of alkyl halides is 3. The number of rotatable bonds is 4. The Morgan fingerprint density at radius 3 is 2.48 bits per heavy atom. The van der Waals surface area contributed by atoms with Crippen molar-refractivity contribution in [1.29, 1.82) is 0 Å². The first-order valence-electron chi connectivity index (χ1n) is 6.68. The molecular formula is C16H10ClF4NO3. The molecule has 9 heteroatoms. The molecule has 0 aromatic heterocycles. The zero-order valence-electron chi connectivity index (χ0n) is 12.6. The second kappa shape index (κ2) is 7.10. The van der Waals surface area contributed by atoms with E-state index in [1.54, 1.807) is 0 Å². The van der Waals surface area contributed by atoms with Crippen LogP contribution in [0.5, 0.6) is 0 Å². The monoisotopic (exact) mass is 375 g/mol. The van der Waals surface area contributed by atoms with Gasteiger partial charge in [0.15, 0.2) is 6.29 Å². The summed E-state index contributed by atoms with van der Waals surface area (Å²) in [5, 5.41) is 1.70. The molecule has 0 aliphatic heterocycles. The second-order valence-electron chi connectivity index (χ2n) is 4.81. The molecule has 0 radical (unpaired) electrons. The lowest BCUT2D eigenvalue weighted by Crippen LogP contribution is -2.12. The molecule has 2 aromatic rings. The molecule has 0 saturated heterocycles. The average Bonchev–Trinajstić information content (AvgIpc) is 2.55. The van der Waals surface area contributed by atoms with Crippen molar-refractivity contribution in [3.05, 3.63) is 57.9 Å². The maximum absolute atomic E-state index is 13.2. The van der Waals surface area contributed by atoms with Crippen LogP contribution in [0.25, 0.3) is 0 Å². The number of carbonyl (C=O) groups excluding carboxylic acids is 2. The van der Waals surface area contributed by atoms with Crippen molar-refractivity contribution in [3.63, 3.8) is 0 Å². The van der Waals surface area contributed by atoms with E-state index in [1.165, 1.54) is 0 Å². The van der Waals surface area contributed by atoms with Crippen LogP contribution in [0.4, 0.5) is 28.9 Å². The number of methoxy groups -OCH3 is 1. The first-order chi connectivity index (χ1) is 11.7. The summed E-state index contributed by atoms with van der Waals surface area (Å²) >= 11 is 5.82. The molecule has 0 amide bonds. The van der Waals surface area contributed by atoms with Crippen molar-refractivity contribution < 1.29 is 31.9 Å². The molecule has 0 aliphatic carbocycles. The SMILES string of the molecule is COC(=O)c1ccc(C(F)(F)F)c(Cl)c1Nc1ccc(F)cc1C=O. The Morgan fingerprint density at radius 1 is 1.24 bits per heavy atom. The van der Waals surface area contributed by atoms with Crippen LogP contribution < -0.4 is 5.32 Å². The lowest BCUT2D eigenvalue weighted by molar-refractivity contribution is -0.137. The fraction of sp³-hybridized carbons (Fsp3) is 0.125. The van der Waals surface area contributed by atoms with E-state index < -0.39 is 34.2 Å². The van der Waals surface area contributed by atoms with Crippen LogP contribution in [0, 0.1) is 5.82 Å². The summed E-state index contributed by atoms with van der Waals surface area (Å²) in [6.07, 6.45) is -4.46. The standard InChI is InChI=1S/C16H10ClF4NO3/c1-25-15(24)10-3-4-11(16(19,20)21)13(17)14(10)22-12-5-2-9(18)6-8(12)7-23/h2-7,22H,1H3. The first kappa shape index (κ1) is 18.7. The number of hydrogen-bond acceptors (Lipinski definition) is 4. The molecule has 0 spiro atoms. The molecule has 132 valence electrons. The highest BCUT2D eigenvalue weighted by atomic mass is 35.5. The zero-order chi connectivity index (χ0) is 18.8. The van der Waals surface area contributed by atoms with Crippen LogP contribution in [-0.4, -0.2) is 19.4 Å². The molecule has 0 bridgehead atoms. The molecular weight excluding hydrogens is 366 g/mol. The van der Waals surface area contributed by atoms with Gasteiger partial charge < -0.3 is 10.1 Å². The van der Waals surface area contributed by atoms with Gasteiger partial charge in [0.1, 0.15) is 5.82 Å². The Kier molecular flexibility index (Phi) is 5.32. The van der Waals surface area contributed by atoms with Crippen molar-refractivity contribution in [2.45, 2.75) is 6.18 Å². The Bertz CT molecular complexity index is 837. The molecule has 0 atom stereocenters. The highest BCUT2D eigenvalue weighted by Gasteiger charge is 2.35. The molecule has 25 heavy (non-hydrogen) atoms. The Labute approximate surface area is 144 Å². The van der Waals surface area contributed by atoms with Crippen molar-refractivity contribution in [3.8, 4) is 0 Å². The summed E-state index contributed by atoms with van der Waals surface area (Å²) in [5.74, 6) is -1.65. The summed E-state index contributed by atoms with van der Waals surface area (Å²) in [5.41, 5.74) is -2.05. The van der Waals surface area contributed by atoms with Gasteiger partial charge in [0, 0.05) is 11.3 Å². The Hall–Kier alpha value is -2.61. The van der Waals surface area contributed by atoms with Crippen molar-refractivity contribution in [1.82, 2.24) is 0 Å². The van der Waals surface area contributed by atoms with Gasteiger partial charge in [-0.25, -0.2) is 9.18 Å². The van der Waals surface area contributed by atoms with E-state index >= 15 is 0 Å². The normalized spacial score (nSPS) is 11.1. The second-order valence-corrected chi connectivity index (χ2v) is 5.19. The van der Waals surface area contributed by atoms with Crippen LogP contribution in [0.2, 0.25) is 5.02 Å². The maximum atomic E-state index is 13.2. The lowest BCUT2D eigenvalue weighted by Gasteiger charge is -2.18. The lowest BCUT2D eigenvalue weighted by atomic mass is 10.1. The van der Waals surface area contributed by atoms with Gasteiger partial charge in [0.25, 0.3) is 0 Å². The topological polar surface area (TPSA) is 55.4 Å². The number of anilines is 2. The van der Waals surface area contributed by atoms with E-state index in [2.05, 4.69) is 10.1 Å². The number of esters is 1. The number of hydrogen-bond donors (Lipinski definition) is 1. The molecule has 0 unspecified atom stereocenters. The minimum Gasteiger partial charge on any atom is -0.465 e. The number of benzene rings is 2. The largest absolute Gasteiger partial charge is 0.465 e. The zero-order valence-corrected chi connectivity index (χ0v) is 13.3. The fourth-order valence-electron chi connectivity index (χ4n) is 2.08. The van der Waals surface area contributed by atoms with Crippen molar-refractivity contribution in [2.75, 3.05) is 12.4 Å². The van der Waals surface area contributed by atoms with E-state index in [0.717, 1.165) is 31.4 Å². The summed E-state index contributed by atoms with van der Waals surface area (Å²) in [7, 11) is 1.05. The third-order valence-corrected chi connectivity index (χ3v) is 3.65. The Morgan fingerprint density at radius 2 is 1.92 bits per heavy atom. The van der Waals surface area contributed by atoms with Crippen molar-refractivity contribution >= 4 is 35.2 Å². The van der Waals surface area contributed by atoms with E-state index in [9.17, 15) is 27.2 Å². The van der Waals surface area contributed by atoms with E-state index in [0.29, 0.717) is 12.4 Å². The maximum Gasteiger partial charge on any atom is 0.417 e. The highest BCUT2D eigenvalue weighted by Crippen LogP contribution is 2.41. The number of ether oxygens (including phenoxy) is 1. The molecule has 0 fully saturated rings. The summed E-state index contributed by atoms with van der Waals surface area (Å²) in [4.78, 5) is 22.9. The van der Waals surface area contributed by atoms with E-state index in [4.69, 9.17) is 11.6 Å². The average molecular weight is 376 g/mol. The van der Waals surface area contributed by atoms with Crippen LogP contribution in [0.15, 0.2) is 30.3 Å². The molecule has 0 aliphatic rings. The number of nitrogens with one attached hydrogen (secondary N) is 1. The van der Waals surface area contributed by atoms with Gasteiger partial charge in [0.05, 0.1) is 28.9 Å². The van der Waals surface area contributed by atoms with Gasteiger partial charge in [-0.1, -0.05) is 11.6 Å². The minimum atomic E-state index is -4.77. The van der Waals surface area contributed by atoms with Gasteiger partial charge in [-0.15, -0.1) is 0 Å². The first-order valence-corrected chi connectivity index (χ1v) is 7.06. The quantitative estimate of drug-likeness (QED) is 0.472. The van der Waals surface area contributed by atoms with Gasteiger partial charge in [-0.2, -0.15) is 13.2 Å². The van der Waals surface area contributed by atoms with Crippen LogP contribution in [-0.2, 0) is 10.9 Å². The molecule has 2 rings (SSSR count). The predicted molar refractivity (Wildman–Crippen MR) is 82.9 cm³/mol. The van der Waals surface area contributed by atoms with Crippen molar-refractivity contribution in [2.24, 2.45) is 0 Å². The van der Waals surface area contributed by atoms with Gasteiger partial charge >= 0.3 is 12.1 Å². The molecule has 2 aromatic carbocycles. The molecule has 1 N–H and O–H groups in total. The number of halogens is 5. The van der Waals surface area contributed by atoms with Gasteiger partial charge in [-0.3, -0.25) is 4.79 Å². The van der Waals surface area contributed by atoms with E-state index in [-0.39, 0.29) is 16.8 Å². The molecule has 4 nitrogen and oxygen atoms in total. The molecule has 0 heterocycles. The van der Waals surface area contributed by atoms with Gasteiger partial charge in [-0.05, 0) is 30.3 Å². The minimum absolute atomic E-state index is 0.0252. The predicted octanol–water partition coefficient (Wildman–Crippen LogP) is 4.84. The smallest absolute Gasteiger partial charge is 0.417 e. The van der Waals surface area contributed by atoms with Crippen LogP contribution in [0.3, 0.4) is 0 Å². The third kappa shape index (κ3) is 3.90. The highest BCUT2D eigenvalue weighted by molar-refractivity contribution is 6.35. The Balaban J connectivity index is 2.65.